The minimum Gasteiger partial charge on any atom is -0.375 e. The van der Waals surface area contributed by atoms with Crippen molar-refractivity contribution in [2.45, 2.75) is 51.8 Å². The number of hydrogen-bond acceptors (Lipinski definition) is 7. The van der Waals surface area contributed by atoms with Gasteiger partial charge in [0.15, 0.2) is 10.8 Å². The van der Waals surface area contributed by atoms with E-state index in [0.29, 0.717) is 34.1 Å². The molecule has 0 aromatic carbocycles. The summed E-state index contributed by atoms with van der Waals surface area (Å²) in [6.07, 6.45) is 5.31. The van der Waals surface area contributed by atoms with Crippen molar-refractivity contribution in [3.8, 4) is 10.8 Å². The first-order valence-electron chi connectivity index (χ1n) is 9.98. The number of thiazole rings is 1. The summed E-state index contributed by atoms with van der Waals surface area (Å²) < 4.78 is 6.00. The number of ether oxygens (including phenoxy) is 1. The molecular formula is C20H27N5O2S. The van der Waals surface area contributed by atoms with Crippen molar-refractivity contribution in [1.82, 2.24) is 25.2 Å². The monoisotopic (exact) mass is 401 g/mol. The molecule has 3 atom stereocenters. The maximum absolute atomic E-state index is 13.0. The molecule has 7 nitrogen and oxygen atoms in total. The third-order valence-electron chi connectivity index (χ3n) is 5.52. The predicted molar refractivity (Wildman–Crippen MR) is 108 cm³/mol. The summed E-state index contributed by atoms with van der Waals surface area (Å²) in [4.78, 5) is 29.2. The van der Waals surface area contributed by atoms with Crippen LogP contribution in [0.15, 0.2) is 18.5 Å². The molecule has 8 heteroatoms. The number of carbonyl (C=O) groups is 1. The number of hydrogen-bond donors (Lipinski definition) is 1. The van der Waals surface area contributed by atoms with Crippen molar-refractivity contribution < 1.29 is 9.53 Å². The Kier molecular flexibility index (Phi) is 5.70. The summed E-state index contributed by atoms with van der Waals surface area (Å²) in [7, 11) is 0. The molecule has 2 aliphatic rings. The molecule has 2 saturated heterocycles. The number of amides is 1. The Morgan fingerprint density at radius 2 is 2.14 bits per heavy atom. The molecule has 0 unspecified atom stereocenters. The zero-order valence-corrected chi connectivity index (χ0v) is 17.4. The number of aryl methyl sites for hydroxylation is 1. The average Bonchev–Trinajstić information content (AvgIpc) is 3.31. The van der Waals surface area contributed by atoms with Crippen LogP contribution in [0.25, 0.3) is 10.8 Å². The lowest BCUT2D eigenvalue weighted by Gasteiger charge is -2.36. The highest BCUT2D eigenvalue weighted by Crippen LogP contribution is 2.28. The first-order chi connectivity index (χ1) is 13.5. The lowest BCUT2D eigenvalue weighted by atomic mass is 10.0. The van der Waals surface area contributed by atoms with E-state index in [2.05, 4.69) is 39.0 Å². The number of morpholine rings is 1. The van der Waals surface area contributed by atoms with Gasteiger partial charge in [0.1, 0.15) is 4.88 Å². The van der Waals surface area contributed by atoms with Gasteiger partial charge in [0.2, 0.25) is 0 Å². The molecule has 0 saturated carbocycles. The SMILES string of the molecule is CCc1nc(-c2ncccn2)sc1C(=O)N[C@H]1C[C@H]2CO[C@H](C(C)C)CN2C1. The Balaban J connectivity index is 1.44. The molecule has 4 rings (SSSR count). The van der Waals surface area contributed by atoms with E-state index in [1.165, 1.54) is 11.3 Å². The summed E-state index contributed by atoms with van der Waals surface area (Å²) in [6, 6.07) is 2.32. The van der Waals surface area contributed by atoms with Gasteiger partial charge in [0, 0.05) is 37.6 Å². The number of fused-ring (bicyclic) bond motifs is 1. The highest BCUT2D eigenvalue weighted by molar-refractivity contribution is 7.17. The predicted octanol–water partition coefficient (Wildman–Crippen LogP) is 2.39. The molecule has 1 amide bonds. The summed E-state index contributed by atoms with van der Waals surface area (Å²) in [5, 5.41) is 3.92. The van der Waals surface area contributed by atoms with Gasteiger partial charge in [0.25, 0.3) is 5.91 Å². The number of nitrogens with zero attached hydrogens (tertiary/aromatic N) is 4. The Hall–Kier alpha value is -1.90. The van der Waals surface area contributed by atoms with Crippen molar-refractivity contribution in [2.75, 3.05) is 19.7 Å². The number of rotatable bonds is 5. The first kappa shape index (κ1) is 19.4. The van der Waals surface area contributed by atoms with Crippen LogP contribution in [0.2, 0.25) is 0 Å². The van der Waals surface area contributed by atoms with Gasteiger partial charge in [0.05, 0.1) is 18.4 Å². The minimum absolute atomic E-state index is 0.0392. The van der Waals surface area contributed by atoms with E-state index in [1.54, 1.807) is 18.5 Å². The van der Waals surface area contributed by atoms with Crippen molar-refractivity contribution in [2.24, 2.45) is 5.92 Å². The van der Waals surface area contributed by atoms with E-state index >= 15 is 0 Å². The largest absolute Gasteiger partial charge is 0.375 e. The molecule has 2 aromatic heterocycles. The van der Waals surface area contributed by atoms with Crippen LogP contribution in [0.5, 0.6) is 0 Å². The topological polar surface area (TPSA) is 80.2 Å². The first-order valence-corrected chi connectivity index (χ1v) is 10.8. The molecule has 0 radical (unpaired) electrons. The molecular weight excluding hydrogens is 374 g/mol. The zero-order valence-electron chi connectivity index (χ0n) is 16.6. The van der Waals surface area contributed by atoms with Gasteiger partial charge in [-0.15, -0.1) is 11.3 Å². The van der Waals surface area contributed by atoms with Crippen molar-refractivity contribution in [3.63, 3.8) is 0 Å². The lowest BCUT2D eigenvalue weighted by molar-refractivity contribution is -0.0683. The van der Waals surface area contributed by atoms with Gasteiger partial charge in [-0.2, -0.15) is 0 Å². The van der Waals surface area contributed by atoms with Gasteiger partial charge in [-0.25, -0.2) is 15.0 Å². The van der Waals surface area contributed by atoms with Crippen molar-refractivity contribution in [1.29, 1.82) is 0 Å². The molecule has 4 heterocycles. The molecule has 28 heavy (non-hydrogen) atoms. The summed E-state index contributed by atoms with van der Waals surface area (Å²) in [6.45, 7) is 9.00. The summed E-state index contributed by atoms with van der Waals surface area (Å²) in [5.41, 5.74) is 0.809. The van der Waals surface area contributed by atoms with Crippen LogP contribution < -0.4 is 5.32 Å². The Morgan fingerprint density at radius 3 is 2.86 bits per heavy atom. The van der Waals surface area contributed by atoms with E-state index in [9.17, 15) is 4.79 Å². The quantitative estimate of drug-likeness (QED) is 0.829. The highest BCUT2D eigenvalue weighted by Gasteiger charge is 2.38. The van der Waals surface area contributed by atoms with E-state index in [4.69, 9.17) is 4.74 Å². The minimum atomic E-state index is -0.0392. The molecule has 0 aliphatic carbocycles. The van der Waals surface area contributed by atoms with Gasteiger partial charge >= 0.3 is 0 Å². The number of aromatic nitrogens is 3. The van der Waals surface area contributed by atoms with Crippen LogP contribution in [0.1, 0.15) is 42.6 Å². The molecule has 1 N–H and O–H groups in total. The van der Waals surface area contributed by atoms with Crippen molar-refractivity contribution >= 4 is 17.2 Å². The standard InChI is InChI=1S/C20H27N5O2S/c1-4-15-17(28-20(24-15)18-21-6-5-7-22-18)19(26)23-13-8-14-11-27-16(12(2)3)10-25(14)9-13/h5-7,12-14,16H,4,8-11H2,1-3H3,(H,23,26)/t13-,14-,16-/m0/s1. The maximum Gasteiger partial charge on any atom is 0.263 e. The second-order valence-corrected chi connectivity index (χ2v) is 8.85. The Morgan fingerprint density at radius 1 is 1.36 bits per heavy atom. The Labute approximate surface area is 169 Å². The third-order valence-corrected chi connectivity index (χ3v) is 6.61. The third kappa shape index (κ3) is 3.94. The van der Waals surface area contributed by atoms with E-state index < -0.39 is 0 Å². The smallest absolute Gasteiger partial charge is 0.263 e. The van der Waals surface area contributed by atoms with Crippen molar-refractivity contribution in [3.05, 3.63) is 29.0 Å². The zero-order chi connectivity index (χ0) is 19.7. The van der Waals surface area contributed by atoms with Crippen LogP contribution in [0.3, 0.4) is 0 Å². The fraction of sp³-hybridized carbons (Fsp3) is 0.600. The van der Waals surface area contributed by atoms with E-state index in [1.807, 2.05) is 6.92 Å². The molecule has 0 spiro atoms. The van der Waals surface area contributed by atoms with Crippen LogP contribution in [-0.4, -0.2) is 63.6 Å². The Bertz CT molecular complexity index is 825. The number of nitrogens with one attached hydrogen (secondary N) is 1. The fourth-order valence-corrected chi connectivity index (χ4v) is 4.94. The summed E-state index contributed by atoms with van der Waals surface area (Å²) >= 11 is 1.37. The second kappa shape index (κ2) is 8.23. The normalized spacial score (nSPS) is 25.1. The van der Waals surface area contributed by atoms with Gasteiger partial charge in [-0.3, -0.25) is 9.69 Å². The average molecular weight is 402 g/mol. The van der Waals surface area contributed by atoms with Gasteiger partial charge in [-0.1, -0.05) is 20.8 Å². The van der Waals surface area contributed by atoms with Gasteiger partial charge < -0.3 is 10.1 Å². The lowest BCUT2D eigenvalue weighted by Crippen LogP contribution is -2.48. The summed E-state index contributed by atoms with van der Waals surface area (Å²) in [5.74, 6) is 1.04. The van der Waals surface area contributed by atoms with E-state index in [-0.39, 0.29) is 18.1 Å². The van der Waals surface area contributed by atoms with Crippen LogP contribution >= 0.6 is 11.3 Å². The van der Waals surface area contributed by atoms with Crippen LogP contribution in [0, 0.1) is 5.92 Å². The van der Waals surface area contributed by atoms with Crippen LogP contribution in [0.4, 0.5) is 0 Å². The fourth-order valence-electron chi connectivity index (χ4n) is 3.93. The molecule has 2 aliphatic heterocycles. The molecule has 0 bridgehead atoms. The molecule has 2 fully saturated rings. The second-order valence-electron chi connectivity index (χ2n) is 7.85. The van der Waals surface area contributed by atoms with E-state index in [0.717, 1.165) is 31.8 Å². The highest BCUT2D eigenvalue weighted by atomic mass is 32.1. The van der Waals surface area contributed by atoms with Crippen LogP contribution in [-0.2, 0) is 11.2 Å². The maximum atomic E-state index is 13.0. The molecule has 150 valence electrons. The number of carbonyl (C=O) groups excluding carboxylic acids is 1. The molecule has 2 aromatic rings. The van der Waals surface area contributed by atoms with Gasteiger partial charge in [-0.05, 0) is 24.8 Å².